The zero-order valence-electron chi connectivity index (χ0n) is 11.6. The first kappa shape index (κ1) is 15.0. The van der Waals surface area contributed by atoms with Crippen LogP contribution in [0.2, 0.25) is 0 Å². The Morgan fingerprint density at radius 3 is 2.47 bits per heavy atom. The van der Waals surface area contributed by atoms with Gasteiger partial charge in [0.2, 0.25) is 0 Å². The largest absolute Gasteiger partial charge is 0.478 e. The highest BCUT2D eigenvalue weighted by atomic mass is 16.6. The van der Waals surface area contributed by atoms with Gasteiger partial charge in [-0.2, -0.15) is 0 Å². The zero-order valence-corrected chi connectivity index (χ0v) is 11.6. The van der Waals surface area contributed by atoms with Gasteiger partial charge in [-0.1, -0.05) is 12.1 Å². The van der Waals surface area contributed by atoms with E-state index in [0.717, 1.165) is 0 Å². The first-order chi connectivity index (χ1) is 8.69. The van der Waals surface area contributed by atoms with Gasteiger partial charge in [0.15, 0.2) is 0 Å². The lowest BCUT2D eigenvalue weighted by atomic mass is 10.1. The number of carbonyl (C=O) groups excluding carboxylic acids is 1. The third kappa shape index (κ3) is 4.99. The van der Waals surface area contributed by atoms with Crippen molar-refractivity contribution in [1.82, 2.24) is 5.32 Å². The molecule has 1 rings (SSSR count). The summed E-state index contributed by atoms with van der Waals surface area (Å²) in [5, 5.41) is 11.6. The molecule has 1 amide bonds. The molecular weight excluding hydrogens is 246 g/mol. The van der Waals surface area contributed by atoms with Gasteiger partial charge in [0.1, 0.15) is 5.60 Å². The number of nitrogens with one attached hydrogen (secondary N) is 1. The number of alkyl carbamates (subject to hydrolysis) is 1. The number of amides is 1. The van der Waals surface area contributed by atoms with Crippen LogP contribution in [0, 0.1) is 6.92 Å². The number of hydrogen-bond donors (Lipinski definition) is 2. The molecule has 0 aliphatic rings. The summed E-state index contributed by atoms with van der Waals surface area (Å²) < 4.78 is 5.09. The summed E-state index contributed by atoms with van der Waals surface area (Å²) in [4.78, 5) is 22.5. The van der Waals surface area contributed by atoms with Gasteiger partial charge in [-0.25, -0.2) is 9.59 Å². The van der Waals surface area contributed by atoms with Crippen LogP contribution in [0.1, 0.15) is 42.3 Å². The maximum absolute atomic E-state index is 11.5. The SMILES string of the molecule is Cc1ccc(CNC(=O)OC(C)(C)C)cc1C(=O)O. The third-order valence-electron chi connectivity index (χ3n) is 2.37. The molecule has 0 aromatic heterocycles. The highest BCUT2D eigenvalue weighted by Crippen LogP contribution is 2.12. The number of benzene rings is 1. The summed E-state index contributed by atoms with van der Waals surface area (Å²) in [6.45, 7) is 7.30. The van der Waals surface area contributed by atoms with E-state index in [4.69, 9.17) is 9.84 Å². The Morgan fingerprint density at radius 2 is 1.95 bits per heavy atom. The Balaban J connectivity index is 2.66. The molecule has 1 aromatic carbocycles. The smallest absolute Gasteiger partial charge is 0.407 e. The molecule has 19 heavy (non-hydrogen) atoms. The fourth-order valence-corrected chi connectivity index (χ4v) is 1.50. The van der Waals surface area contributed by atoms with Gasteiger partial charge in [0, 0.05) is 6.54 Å². The van der Waals surface area contributed by atoms with E-state index in [1.54, 1.807) is 45.9 Å². The van der Waals surface area contributed by atoms with Crippen LogP contribution in [-0.4, -0.2) is 22.8 Å². The molecule has 0 unspecified atom stereocenters. The minimum Gasteiger partial charge on any atom is -0.478 e. The molecule has 0 bridgehead atoms. The maximum atomic E-state index is 11.5. The number of aryl methyl sites for hydroxylation is 1. The van der Waals surface area contributed by atoms with Crippen LogP contribution < -0.4 is 5.32 Å². The second kappa shape index (κ2) is 5.73. The minimum atomic E-state index is -0.975. The quantitative estimate of drug-likeness (QED) is 0.881. The highest BCUT2D eigenvalue weighted by molar-refractivity contribution is 5.89. The second-order valence-electron chi connectivity index (χ2n) is 5.31. The Hall–Kier alpha value is -2.04. The number of rotatable bonds is 3. The molecule has 0 spiro atoms. The van der Waals surface area contributed by atoms with E-state index in [2.05, 4.69) is 5.32 Å². The van der Waals surface area contributed by atoms with E-state index in [1.165, 1.54) is 0 Å². The molecule has 0 atom stereocenters. The van der Waals surface area contributed by atoms with Gasteiger partial charge in [0.25, 0.3) is 0 Å². The number of hydrogen-bond acceptors (Lipinski definition) is 3. The Morgan fingerprint density at radius 1 is 1.32 bits per heavy atom. The number of carbonyl (C=O) groups is 2. The maximum Gasteiger partial charge on any atom is 0.407 e. The van der Waals surface area contributed by atoms with Gasteiger partial charge in [-0.05, 0) is 44.9 Å². The predicted octanol–water partition coefficient (Wildman–Crippen LogP) is 2.72. The molecule has 104 valence electrons. The minimum absolute atomic E-state index is 0.232. The molecule has 0 radical (unpaired) electrons. The van der Waals surface area contributed by atoms with Crippen molar-refractivity contribution in [2.75, 3.05) is 0 Å². The lowest BCUT2D eigenvalue weighted by Gasteiger charge is -2.19. The van der Waals surface area contributed by atoms with E-state index < -0.39 is 17.7 Å². The normalized spacial score (nSPS) is 10.9. The summed E-state index contributed by atoms with van der Waals surface area (Å²) in [7, 11) is 0. The van der Waals surface area contributed by atoms with Crippen molar-refractivity contribution in [1.29, 1.82) is 0 Å². The molecule has 0 saturated heterocycles. The summed E-state index contributed by atoms with van der Waals surface area (Å²) in [6, 6.07) is 5.05. The van der Waals surface area contributed by atoms with E-state index in [1.807, 2.05) is 0 Å². The lowest BCUT2D eigenvalue weighted by molar-refractivity contribution is 0.0523. The fourth-order valence-electron chi connectivity index (χ4n) is 1.50. The fraction of sp³-hybridized carbons (Fsp3) is 0.429. The van der Waals surface area contributed by atoms with Crippen LogP contribution in [0.3, 0.4) is 0 Å². The van der Waals surface area contributed by atoms with Crippen molar-refractivity contribution in [2.45, 2.75) is 39.8 Å². The van der Waals surface area contributed by atoms with E-state index in [9.17, 15) is 9.59 Å². The van der Waals surface area contributed by atoms with Gasteiger partial charge in [0.05, 0.1) is 5.56 Å². The Labute approximate surface area is 112 Å². The van der Waals surface area contributed by atoms with E-state index in [-0.39, 0.29) is 12.1 Å². The molecule has 0 saturated carbocycles. The monoisotopic (exact) mass is 265 g/mol. The van der Waals surface area contributed by atoms with Crippen molar-refractivity contribution in [3.63, 3.8) is 0 Å². The van der Waals surface area contributed by atoms with Crippen LogP contribution in [0.15, 0.2) is 18.2 Å². The van der Waals surface area contributed by atoms with Crippen LogP contribution in [0.5, 0.6) is 0 Å². The first-order valence-electron chi connectivity index (χ1n) is 5.99. The summed E-state index contributed by atoms with van der Waals surface area (Å²) >= 11 is 0. The molecule has 0 aliphatic carbocycles. The van der Waals surface area contributed by atoms with Crippen molar-refractivity contribution in [2.24, 2.45) is 0 Å². The standard InChI is InChI=1S/C14H19NO4/c1-9-5-6-10(7-11(9)12(16)17)8-15-13(18)19-14(2,3)4/h5-7H,8H2,1-4H3,(H,15,18)(H,16,17). The third-order valence-corrected chi connectivity index (χ3v) is 2.37. The van der Waals surface area contributed by atoms with Crippen molar-refractivity contribution in [3.8, 4) is 0 Å². The van der Waals surface area contributed by atoms with Gasteiger partial charge < -0.3 is 15.2 Å². The van der Waals surface area contributed by atoms with Crippen LogP contribution in [0.25, 0.3) is 0 Å². The van der Waals surface area contributed by atoms with Crippen LogP contribution >= 0.6 is 0 Å². The van der Waals surface area contributed by atoms with Gasteiger partial charge in [-0.3, -0.25) is 0 Å². The predicted molar refractivity (Wildman–Crippen MR) is 71.2 cm³/mol. The zero-order chi connectivity index (χ0) is 14.6. The van der Waals surface area contributed by atoms with E-state index in [0.29, 0.717) is 11.1 Å². The van der Waals surface area contributed by atoms with E-state index >= 15 is 0 Å². The molecule has 1 aromatic rings. The average Bonchev–Trinajstić information content (AvgIpc) is 2.25. The Bertz CT molecular complexity index is 489. The number of carboxylic acid groups (broad SMARTS) is 1. The average molecular weight is 265 g/mol. The summed E-state index contributed by atoms with van der Waals surface area (Å²) in [5.41, 5.74) is 1.09. The molecular formula is C14H19NO4. The summed E-state index contributed by atoms with van der Waals surface area (Å²) in [6.07, 6.45) is -0.523. The van der Waals surface area contributed by atoms with Crippen molar-refractivity contribution in [3.05, 3.63) is 34.9 Å². The lowest BCUT2D eigenvalue weighted by Crippen LogP contribution is -2.32. The van der Waals surface area contributed by atoms with Crippen molar-refractivity contribution < 1.29 is 19.4 Å². The molecule has 5 nitrogen and oxygen atoms in total. The molecule has 0 fully saturated rings. The Kier molecular flexibility index (Phi) is 4.53. The molecule has 0 aliphatic heterocycles. The van der Waals surface area contributed by atoms with Gasteiger partial charge >= 0.3 is 12.1 Å². The number of ether oxygens (including phenoxy) is 1. The molecule has 2 N–H and O–H groups in total. The summed E-state index contributed by atoms with van der Waals surface area (Å²) in [5.74, 6) is -0.975. The topological polar surface area (TPSA) is 75.6 Å². The molecule has 5 heteroatoms. The molecule has 0 heterocycles. The van der Waals surface area contributed by atoms with Crippen LogP contribution in [0.4, 0.5) is 4.79 Å². The second-order valence-corrected chi connectivity index (χ2v) is 5.31. The number of carboxylic acids is 1. The van der Waals surface area contributed by atoms with Crippen molar-refractivity contribution >= 4 is 12.1 Å². The first-order valence-corrected chi connectivity index (χ1v) is 5.99. The van der Waals surface area contributed by atoms with Crippen LogP contribution in [-0.2, 0) is 11.3 Å². The number of aromatic carboxylic acids is 1. The van der Waals surface area contributed by atoms with Gasteiger partial charge in [-0.15, -0.1) is 0 Å². The highest BCUT2D eigenvalue weighted by Gasteiger charge is 2.16.